The number of carbonyl (C=O) groups is 1. The zero-order chi connectivity index (χ0) is 14.9. The zero-order valence-corrected chi connectivity index (χ0v) is 12.5. The lowest BCUT2D eigenvalue weighted by atomic mass is 10.0. The monoisotopic (exact) mass is 280 g/mol. The third-order valence-corrected chi connectivity index (χ3v) is 3.98. The molecule has 0 spiro atoms. The minimum Gasteiger partial charge on any atom is -0.362 e. The van der Waals surface area contributed by atoms with Crippen molar-refractivity contribution < 1.29 is 4.79 Å². The maximum Gasteiger partial charge on any atom is 0.257 e. The van der Waals surface area contributed by atoms with Gasteiger partial charge in [0.2, 0.25) is 0 Å². The Labute approximate surface area is 125 Å². The molecule has 0 saturated carbocycles. The average Bonchev–Trinajstić information content (AvgIpc) is 2.47. The van der Waals surface area contributed by atoms with Gasteiger partial charge >= 0.3 is 0 Å². The molecule has 0 unspecified atom stereocenters. The van der Waals surface area contributed by atoms with Gasteiger partial charge in [0.1, 0.15) is 5.66 Å². The number of anilines is 1. The molecule has 3 rings (SSSR count). The van der Waals surface area contributed by atoms with Crippen LogP contribution in [0.1, 0.15) is 29.8 Å². The van der Waals surface area contributed by atoms with Gasteiger partial charge in [-0.15, -0.1) is 0 Å². The van der Waals surface area contributed by atoms with Crippen LogP contribution in [0, 0.1) is 0 Å². The Hall–Kier alpha value is -2.29. The van der Waals surface area contributed by atoms with E-state index in [0.717, 1.165) is 17.7 Å². The van der Waals surface area contributed by atoms with Crippen molar-refractivity contribution in [2.75, 3.05) is 11.9 Å². The molecule has 1 aliphatic heterocycles. The zero-order valence-electron chi connectivity index (χ0n) is 12.5. The summed E-state index contributed by atoms with van der Waals surface area (Å²) in [7, 11) is 0. The number of hydrogen-bond acceptors (Lipinski definition) is 2. The molecule has 2 aromatic rings. The molecule has 0 fully saturated rings. The van der Waals surface area contributed by atoms with Gasteiger partial charge in [-0.25, -0.2) is 0 Å². The van der Waals surface area contributed by atoms with E-state index in [1.54, 1.807) is 0 Å². The Morgan fingerprint density at radius 2 is 1.67 bits per heavy atom. The molecular formula is C18H20N2O. The maximum atomic E-state index is 12.7. The van der Waals surface area contributed by atoms with E-state index >= 15 is 0 Å². The summed E-state index contributed by atoms with van der Waals surface area (Å²) in [6.45, 7) is 4.80. The fourth-order valence-corrected chi connectivity index (χ4v) is 2.84. The molecule has 3 nitrogen and oxygen atoms in total. The molecule has 108 valence electrons. The van der Waals surface area contributed by atoms with Crippen LogP contribution >= 0.6 is 0 Å². The molecule has 0 bridgehead atoms. The van der Waals surface area contributed by atoms with Gasteiger partial charge in [0.25, 0.3) is 5.91 Å². The Bertz CT molecular complexity index is 649. The largest absolute Gasteiger partial charge is 0.362 e. The number of para-hydroxylation sites is 1. The summed E-state index contributed by atoms with van der Waals surface area (Å²) < 4.78 is 0. The van der Waals surface area contributed by atoms with Gasteiger partial charge in [-0.05, 0) is 38.0 Å². The minimum atomic E-state index is -0.375. The van der Waals surface area contributed by atoms with E-state index in [1.807, 2.05) is 61.2 Å². The molecule has 1 heterocycles. The van der Waals surface area contributed by atoms with Crippen LogP contribution in [0.15, 0.2) is 54.6 Å². The van der Waals surface area contributed by atoms with E-state index in [4.69, 9.17) is 0 Å². The van der Waals surface area contributed by atoms with E-state index in [9.17, 15) is 4.79 Å². The predicted octanol–water partition coefficient (Wildman–Crippen LogP) is 3.53. The van der Waals surface area contributed by atoms with Crippen molar-refractivity contribution in [2.45, 2.75) is 25.9 Å². The van der Waals surface area contributed by atoms with Crippen molar-refractivity contribution in [2.24, 2.45) is 0 Å². The summed E-state index contributed by atoms with van der Waals surface area (Å²) in [6.07, 6.45) is 0.861. The predicted molar refractivity (Wildman–Crippen MR) is 85.3 cm³/mol. The quantitative estimate of drug-likeness (QED) is 0.932. The Kier molecular flexibility index (Phi) is 3.42. The molecule has 1 amide bonds. The van der Waals surface area contributed by atoms with Gasteiger partial charge in [0.05, 0.1) is 5.56 Å². The van der Waals surface area contributed by atoms with Gasteiger partial charge < -0.3 is 10.2 Å². The third-order valence-electron chi connectivity index (χ3n) is 3.98. The van der Waals surface area contributed by atoms with Crippen LogP contribution in [0.4, 0.5) is 5.69 Å². The lowest BCUT2D eigenvalue weighted by Crippen LogP contribution is -2.56. The van der Waals surface area contributed by atoms with Gasteiger partial charge in [-0.1, -0.05) is 42.5 Å². The van der Waals surface area contributed by atoms with Crippen molar-refractivity contribution in [3.05, 3.63) is 65.7 Å². The summed E-state index contributed by atoms with van der Waals surface area (Å²) in [5, 5.41) is 3.46. The molecule has 1 N–H and O–H groups in total. The van der Waals surface area contributed by atoms with E-state index < -0.39 is 0 Å². The number of carbonyl (C=O) groups excluding carboxylic acids is 1. The summed E-state index contributed by atoms with van der Waals surface area (Å²) in [5.74, 6) is 0.102. The third kappa shape index (κ3) is 2.64. The SMILES string of the molecule is CC1(C)Nc2ccccc2C(=O)N1CCc1ccccc1. The number of nitrogens with zero attached hydrogens (tertiary/aromatic N) is 1. The normalized spacial score (nSPS) is 16.3. The fourth-order valence-electron chi connectivity index (χ4n) is 2.84. The van der Waals surface area contributed by atoms with Crippen LogP contribution < -0.4 is 5.32 Å². The van der Waals surface area contributed by atoms with Crippen molar-refractivity contribution in [3.63, 3.8) is 0 Å². The number of amides is 1. The molecule has 3 heteroatoms. The van der Waals surface area contributed by atoms with E-state index in [-0.39, 0.29) is 11.6 Å². The molecule has 2 aromatic carbocycles. The second kappa shape index (κ2) is 5.24. The van der Waals surface area contributed by atoms with E-state index in [2.05, 4.69) is 17.4 Å². The lowest BCUT2D eigenvalue weighted by Gasteiger charge is -2.44. The van der Waals surface area contributed by atoms with Crippen molar-refractivity contribution in [3.8, 4) is 0 Å². The second-order valence-electron chi connectivity index (χ2n) is 5.92. The topological polar surface area (TPSA) is 32.3 Å². The number of hydrogen-bond donors (Lipinski definition) is 1. The highest BCUT2D eigenvalue weighted by Gasteiger charge is 2.36. The maximum absolute atomic E-state index is 12.7. The first-order valence-corrected chi connectivity index (χ1v) is 7.31. The van der Waals surface area contributed by atoms with Crippen LogP contribution in [0.25, 0.3) is 0 Å². The van der Waals surface area contributed by atoms with Crippen LogP contribution in [-0.4, -0.2) is 23.0 Å². The molecule has 0 aromatic heterocycles. The molecule has 21 heavy (non-hydrogen) atoms. The number of nitrogens with one attached hydrogen (secondary N) is 1. The Balaban J connectivity index is 1.83. The summed E-state index contributed by atoms with van der Waals surface area (Å²) in [4.78, 5) is 14.7. The minimum absolute atomic E-state index is 0.102. The molecule has 1 aliphatic rings. The summed E-state index contributed by atoms with van der Waals surface area (Å²) in [6, 6.07) is 18.0. The molecular weight excluding hydrogens is 260 g/mol. The standard InChI is InChI=1S/C18H20N2O/c1-18(2)19-16-11-7-6-10-15(16)17(21)20(18)13-12-14-8-4-3-5-9-14/h3-11,19H,12-13H2,1-2H3. The Morgan fingerprint density at radius 1 is 1.00 bits per heavy atom. The Morgan fingerprint density at radius 3 is 2.43 bits per heavy atom. The second-order valence-corrected chi connectivity index (χ2v) is 5.92. The van der Waals surface area contributed by atoms with Crippen LogP contribution in [0.2, 0.25) is 0 Å². The van der Waals surface area contributed by atoms with Gasteiger partial charge in [0, 0.05) is 12.2 Å². The smallest absolute Gasteiger partial charge is 0.257 e. The summed E-state index contributed by atoms with van der Waals surface area (Å²) >= 11 is 0. The van der Waals surface area contributed by atoms with Crippen LogP contribution in [-0.2, 0) is 6.42 Å². The molecule has 0 aliphatic carbocycles. The first kappa shape index (κ1) is 13.7. The van der Waals surface area contributed by atoms with Gasteiger partial charge in [0.15, 0.2) is 0 Å². The molecule has 0 radical (unpaired) electrons. The van der Waals surface area contributed by atoms with Crippen molar-refractivity contribution in [1.82, 2.24) is 4.90 Å². The van der Waals surface area contributed by atoms with Crippen LogP contribution in [0.5, 0.6) is 0 Å². The molecule has 0 saturated heterocycles. The highest BCUT2D eigenvalue weighted by atomic mass is 16.2. The van der Waals surface area contributed by atoms with E-state index in [1.165, 1.54) is 5.56 Å². The first-order valence-electron chi connectivity index (χ1n) is 7.31. The fraction of sp³-hybridized carbons (Fsp3) is 0.278. The van der Waals surface area contributed by atoms with Gasteiger partial charge in [-0.2, -0.15) is 0 Å². The van der Waals surface area contributed by atoms with Gasteiger partial charge in [-0.3, -0.25) is 4.79 Å². The number of rotatable bonds is 3. The highest BCUT2D eigenvalue weighted by molar-refractivity contribution is 6.02. The lowest BCUT2D eigenvalue weighted by molar-refractivity contribution is 0.0579. The van der Waals surface area contributed by atoms with E-state index in [0.29, 0.717) is 6.54 Å². The first-order chi connectivity index (χ1) is 10.1. The highest BCUT2D eigenvalue weighted by Crippen LogP contribution is 2.30. The average molecular weight is 280 g/mol. The van der Waals surface area contributed by atoms with Crippen LogP contribution in [0.3, 0.4) is 0 Å². The van der Waals surface area contributed by atoms with Crippen molar-refractivity contribution in [1.29, 1.82) is 0 Å². The molecule has 0 atom stereocenters. The van der Waals surface area contributed by atoms with Crippen molar-refractivity contribution >= 4 is 11.6 Å². The summed E-state index contributed by atoms with van der Waals surface area (Å²) in [5.41, 5.74) is 2.55. The number of fused-ring (bicyclic) bond motifs is 1. The number of benzene rings is 2.